The van der Waals surface area contributed by atoms with E-state index in [9.17, 15) is 9.59 Å². The van der Waals surface area contributed by atoms with Gasteiger partial charge in [0, 0.05) is 12.3 Å². The van der Waals surface area contributed by atoms with E-state index in [-0.39, 0.29) is 23.6 Å². The molecule has 1 fully saturated rings. The van der Waals surface area contributed by atoms with Crippen LogP contribution in [0.2, 0.25) is 0 Å². The van der Waals surface area contributed by atoms with Crippen molar-refractivity contribution >= 4 is 11.8 Å². The second-order valence-electron chi connectivity index (χ2n) is 6.27. The van der Waals surface area contributed by atoms with E-state index in [0.717, 1.165) is 17.5 Å². The summed E-state index contributed by atoms with van der Waals surface area (Å²) in [4.78, 5) is 25.2. The Morgan fingerprint density at radius 3 is 2.17 bits per heavy atom. The first-order chi connectivity index (χ1) is 11.7. The molecule has 0 heterocycles. The van der Waals surface area contributed by atoms with Gasteiger partial charge in [-0.1, -0.05) is 67.6 Å². The second kappa shape index (κ2) is 7.43. The zero-order valence-corrected chi connectivity index (χ0v) is 13.9. The minimum Gasteiger partial charge on any atom is -0.465 e. The molecule has 0 radical (unpaired) electrons. The molecule has 2 aromatic rings. The van der Waals surface area contributed by atoms with Crippen LogP contribution in [0, 0.1) is 5.92 Å². The van der Waals surface area contributed by atoms with Gasteiger partial charge in [0.15, 0.2) is 0 Å². The van der Waals surface area contributed by atoms with Crippen LogP contribution in [0.25, 0.3) is 0 Å². The molecule has 1 aliphatic rings. The van der Waals surface area contributed by atoms with Crippen molar-refractivity contribution in [2.24, 2.45) is 5.92 Å². The zero-order valence-electron chi connectivity index (χ0n) is 13.9. The first kappa shape index (κ1) is 16.4. The lowest BCUT2D eigenvalue weighted by Crippen LogP contribution is -2.27. The Bertz CT molecular complexity index is 694. The highest BCUT2D eigenvalue weighted by Crippen LogP contribution is 2.48. The third-order valence-corrected chi connectivity index (χ3v) is 4.68. The number of ketones is 1. The van der Waals surface area contributed by atoms with Crippen LogP contribution in [-0.2, 0) is 14.3 Å². The first-order valence-electron chi connectivity index (χ1n) is 8.51. The van der Waals surface area contributed by atoms with Gasteiger partial charge in [0.05, 0.1) is 6.61 Å². The van der Waals surface area contributed by atoms with Crippen LogP contribution in [0.3, 0.4) is 0 Å². The summed E-state index contributed by atoms with van der Waals surface area (Å²) in [5.74, 6) is -1.25. The number of rotatable bonds is 5. The normalized spacial score (nSPS) is 23.2. The standard InChI is InChI=1S/C21H22O3/c1-2-13-24-21(23)20-18(22)14-17(15-9-5-3-6-10-15)19(20)16-11-7-4-8-12-16/h3-12,17,19-20H,2,13-14H2,1H3. The fraction of sp³-hybridized carbons (Fsp3) is 0.333. The van der Waals surface area contributed by atoms with Gasteiger partial charge in [0.2, 0.25) is 0 Å². The molecule has 0 spiro atoms. The van der Waals surface area contributed by atoms with E-state index >= 15 is 0 Å². The summed E-state index contributed by atoms with van der Waals surface area (Å²) >= 11 is 0. The van der Waals surface area contributed by atoms with Gasteiger partial charge >= 0.3 is 5.97 Å². The lowest BCUT2D eigenvalue weighted by molar-refractivity contribution is -0.151. The number of ether oxygens (including phenoxy) is 1. The number of Topliss-reactive ketones (excluding diaryl/α,β-unsaturated/α-hetero) is 1. The molecule has 3 unspecified atom stereocenters. The average Bonchev–Trinajstić information content (AvgIpc) is 2.98. The molecule has 0 saturated heterocycles. The Morgan fingerprint density at radius 2 is 1.58 bits per heavy atom. The topological polar surface area (TPSA) is 43.4 Å². The molecule has 124 valence electrons. The van der Waals surface area contributed by atoms with Gasteiger partial charge in [-0.05, 0) is 23.5 Å². The van der Waals surface area contributed by atoms with Crippen molar-refractivity contribution in [2.75, 3.05) is 6.61 Å². The first-order valence-corrected chi connectivity index (χ1v) is 8.51. The van der Waals surface area contributed by atoms with Gasteiger partial charge in [-0.15, -0.1) is 0 Å². The van der Waals surface area contributed by atoms with Crippen LogP contribution in [0.1, 0.15) is 42.7 Å². The van der Waals surface area contributed by atoms with Gasteiger partial charge in [0.25, 0.3) is 0 Å². The van der Waals surface area contributed by atoms with E-state index in [0.29, 0.717) is 13.0 Å². The molecule has 1 saturated carbocycles. The van der Waals surface area contributed by atoms with E-state index in [1.165, 1.54) is 0 Å². The molecule has 1 aliphatic carbocycles. The Balaban J connectivity index is 1.98. The molecule has 0 aromatic heterocycles. The number of carbonyl (C=O) groups is 2. The third-order valence-electron chi connectivity index (χ3n) is 4.68. The number of carbonyl (C=O) groups excluding carboxylic acids is 2. The summed E-state index contributed by atoms with van der Waals surface area (Å²) in [6, 6.07) is 19.8. The summed E-state index contributed by atoms with van der Waals surface area (Å²) < 4.78 is 5.32. The highest BCUT2D eigenvalue weighted by Gasteiger charge is 2.48. The molecule has 24 heavy (non-hydrogen) atoms. The van der Waals surface area contributed by atoms with E-state index in [2.05, 4.69) is 0 Å². The molecule has 0 aliphatic heterocycles. The molecule has 2 aromatic carbocycles. The highest BCUT2D eigenvalue weighted by molar-refractivity contribution is 6.02. The molecule has 3 atom stereocenters. The maximum atomic E-state index is 12.6. The fourth-order valence-corrected chi connectivity index (χ4v) is 3.60. The van der Waals surface area contributed by atoms with Crippen LogP contribution in [-0.4, -0.2) is 18.4 Å². The average molecular weight is 322 g/mol. The van der Waals surface area contributed by atoms with E-state index in [1.54, 1.807) is 0 Å². The second-order valence-corrected chi connectivity index (χ2v) is 6.27. The maximum absolute atomic E-state index is 12.6. The Kier molecular flexibility index (Phi) is 5.09. The van der Waals surface area contributed by atoms with Crippen molar-refractivity contribution in [3.63, 3.8) is 0 Å². The van der Waals surface area contributed by atoms with Gasteiger partial charge in [-0.25, -0.2) is 0 Å². The summed E-state index contributed by atoms with van der Waals surface area (Å²) in [6.07, 6.45) is 1.14. The summed E-state index contributed by atoms with van der Waals surface area (Å²) in [5, 5.41) is 0. The predicted molar refractivity (Wildman–Crippen MR) is 92.7 cm³/mol. The van der Waals surface area contributed by atoms with Crippen molar-refractivity contribution in [1.29, 1.82) is 0 Å². The lowest BCUT2D eigenvalue weighted by Gasteiger charge is -2.24. The zero-order chi connectivity index (χ0) is 16.9. The monoisotopic (exact) mass is 322 g/mol. The fourth-order valence-electron chi connectivity index (χ4n) is 3.60. The number of benzene rings is 2. The van der Waals surface area contributed by atoms with Crippen molar-refractivity contribution in [3.8, 4) is 0 Å². The SMILES string of the molecule is CCCOC(=O)C1C(=O)CC(c2ccccc2)C1c1ccccc1. The predicted octanol–water partition coefficient (Wildman–Crippen LogP) is 4.10. The van der Waals surface area contributed by atoms with Crippen molar-refractivity contribution in [3.05, 3.63) is 71.8 Å². The minimum atomic E-state index is -0.704. The molecule has 0 N–H and O–H groups in total. The quantitative estimate of drug-likeness (QED) is 0.615. The van der Waals surface area contributed by atoms with Crippen LogP contribution in [0.15, 0.2) is 60.7 Å². The van der Waals surface area contributed by atoms with Gasteiger partial charge < -0.3 is 4.74 Å². The molecule has 0 bridgehead atoms. The third kappa shape index (κ3) is 3.25. The number of hydrogen-bond donors (Lipinski definition) is 0. The van der Waals surface area contributed by atoms with Crippen LogP contribution in [0.5, 0.6) is 0 Å². The molecule has 3 nitrogen and oxygen atoms in total. The van der Waals surface area contributed by atoms with Crippen molar-refractivity contribution < 1.29 is 14.3 Å². The largest absolute Gasteiger partial charge is 0.465 e. The van der Waals surface area contributed by atoms with Gasteiger partial charge in [-0.3, -0.25) is 9.59 Å². The summed E-state index contributed by atoms with van der Waals surface area (Å²) in [5.41, 5.74) is 2.13. The Morgan fingerprint density at radius 1 is 1.00 bits per heavy atom. The van der Waals surface area contributed by atoms with E-state index in [4.69, 9.17) is 4.74 Å². The highest BCUT2D eigenvalue weighted by atomic mass is 16.5. The Labute approximate surface area is 142 Å². The molecular formula is C21H22O3. The summed E-state index contributed by atoms with van der Waals surface area (Å²) in [6.45, 7) is 2.31. The lowest BCUT2D eigenvalue weighted by atomic mass is 9.80. The van der Waals surface area contributed by atoms with Crippen LogP contribution in [0.4, 0.5) is 0 Å². The molecule has 3 heteroatoms. The van der Waals surface area contributed by atoms with E-state index in [1.807, 2.05) is 67.6 Å². The molecular weight excluding hydrogens is 300 g/mol. The Hall–Kier alpha value is -2.42. The minimum absolute atomic E-state index is 0.0141. The van der Waals surface area contributed by atoms with Crippen LogP contribution >= 0.6 is 0 Å². The van der Waals surface area contributed by atoms with Gasteiger partial charge in [0.1, 0.15) is 11.7 Å². The smallest absolute Gasteiger partial charge is 0.317 e. The molecule has 0 amide bonds. The van der Waals surface area contributed by atoms with E-state index < -0.39 is 5.92 Å². The van der Waals surface area contributed by atoms with Crippen LogP contribution < -0.4 is 0 Å². The molecule has 3 rings (SSSR count). The maximum Gasteiger partial charge on any atom is 0.317 e. The summed E-state index contributed by atoms with van der Waals surface area (Å²) in [7, 11) is 0. The number of hydrogen-bond acceptors (Lipinski definition) is 3. The van der Waals surface area contributed by atoms with Crippen molar-refractivity contribution in [1.82, 2.24) is 0 Å². The van der Waals surface area contributed by atoms with Crippen molar-refractivity contribution in [2.45, 2.75) is 31.6 Å². The number of esters is 1. The van der Waals surface area contributed by atoms with Gasteiger partial charge in [-0.2, -0.15) is 0 Å².